The molecule has 4 nitrogen and oxygen atoms in total. The normalized spacial score (nSPS) is 11.8. The number of benzene rings is 2. The van der Waals surface area contributed by atoms with Crippen LogP contribution in [0.5, 0.6) is 17.2 Å². The number of hydrogen-bond donors (Lipinski definition) is 1. The van der Waals surface area contributed by atoms with Crippen LogP contribution in [0.1, 0.15) is 6.92 Å². The van der Waals surface area contributed by atoms with Gasteiger partial charge in [0.2, 0.25) is 0 Å². The molecule has 0 aromatic heterocycles. The van der Waals surface area contributed by atoms with E-state index in [9.17, 15) is 9.18 Å². The Kier molecular flexibility index (Phi) is 4.80. The Morgan fingerprint density at radius 3 is 2.38 bits per heavy atom. The highest BCUT2D eigenvalue weighted by Gasteiger charge is 2.10. The minimum Gasteiger partial charge on any atom is -0.481 e. The van der Waals surface area contributed by atoms with Crippen LogP contribution in [-0.4, -0.2) is 12.0 Å². The van der Waals surface area contributed by atoms with E-state index in [1.807, 2.05) is 0 Å². The average Bonchev–Trinajstić information content (AvgIpc) is 2.43. The third kappa shape index (κ3) is 4.19. The number of hydrogen-bond acceptors (Lipinski definition) is 3. The van der Waals surface area contributed by atoms with Gasteiger partial charge in [0.1, 0.15) is 11.5 Å². The largest absolute Gasteiger partial charge is 0.481 e. The summed E-state index contributed by atoms with van der Waals surface area (Å²) in [7, 11) is 0. The Bertz CT molecular complexity index is 646. The lowest BCUT2D eigenvalue weighted by atomic mass is 10.3. The molecule has 0 heterocycles. The van der Waals surface area contributed by atoms with Crippen molar-refractivity contribution >= 4 is 21.8 Å². The fourth-order valence-electron chi connectivity index (χ4n) is 1.53. The molecule has 2 rings (SSSR count). The maximum Gasteiger partial charge on any atom is 0.258 e. The number of carbonyl (C=O) groups excluding carboxylic acids is 1. The molecule has 0 aliphatic carbocycles. The van der Waals surface area contributed by atoms with Crippen LogP contribution in [0.25, 0.3) is 0 Å². The molecule has 0 fully saturated rings. The lowest BCUT2D eigenvalue weighted by molar-refractivity contribution is -0.123. The Labute approximate surface area is 129 Å². The number of ether oxygens (including phenoxy) is 2. The van der Waals surface area contributed by atoms with Crippen LogP contribution >= 0.6 is 15.9 Å². The molecule has 2 aromatic carbocycles. The second-order valence-corrected chi connectivity index (χ2v) is 5.23. The van der Waals surface area contributed by atoms with E-state index in [0.29, 0.717) is 16.0 Å². The van der Waals surface area contributed by atoms with Crippen molar-refractivity contribution in [2.45, 2.75) is 13.0 Å². The van der Waals surface area contributed by atoms with Gasteiger partial charge < -0.3 is 15.2 Å². The van der Waals surface area contributed by atoms with Crippen molar-refractivity contribution in [3.8, 4) is 17.2 Å². The minimum atomic E-state index is -0.722. The molecule has 110 valence electrons. The SMILES string of the molecule is CC(Oc1ccc(Oc2ccc(Br)cc2F)cc1)C(N)=O. The van der Waals surface area contributed by atoms with Gasteiger partial charge in [-0.25, -0.2) is 4.39 Å². The topological polar surface area (TPSA) is 61.6 Å². The van der Waals surface area contributed by atoms with E-state index in [1.165, 1.54) is 12.1 Å². The van der Waals surface area contributed by atoms with Gasteiger partial charge in [-0.3, -0.25) is 4.79 Å². The molecule has 2 aromatic rings. The molecular weight excluding hydrogens is 341 g/mol. The molecule has 2 N–H and O–H groups in total. The zero-order valence-corrected chi connectivity index (χ0v) is 12.8. The average molecular weight is 354 g/mol. The van der Waals surface area contributed by atoms with E-state index < -0.39 is 17.8 Å². The van der Waals surface area contributed by atoms with Gasteiger partial charge in [0.25, 0.3) is 5.91 Å². The summed E-state index contributed by atoms with van der Waals surface area (Å²) in [5.41, 5.74) is 5.11. The summed E-state index contributed by atoms with van der Waals surface area (Å²) < 4.78 is 25.0. The van der Waals surface area contributed by atoms with Crippen molar-refractivity contribution in [2.75, 3.05) is 0 Å². The van der Waals surface area contributed by atoms with E-state index in [1.54, 1.807) is 37.3 Å². The maximum atomic E-state index is 13.6. The first-order chi connectivity index (χ1) is 9.95. The Morgan fingerprint density at radius 2 is 1.81 bits per heavy atom. The lowest BCUT2D eigenvalue weighted by Crippen LogP contribution is -2.30. The van der Waals surface area contributed by atoms with Crippen LogP contribution in [0.15, 0.2) is 46.9 Å². The lowest BCUT2D eigenvalue weighted by Gasteiger charge is -2.12. The number of primary amides is 1. The Balaban J connectivity index is 2.07. The fraction of sp³-hybridized carbons (Fsp3) is 0.133. The minimum absolute atomic E-state index is 0.123. The zero-order chi connectivity index (χ0) is 15.4. The number of rotatable bonds is 5. The van der Waals surface area contributed by atoms with E-state index in [2.05, 4.69) is 15.9 Å². The highest BCUT2D eigenvalue weighted by Crippen LogP contribution is 2.28. The summed E-state index contributed by atoms with van der Waals surface area (Å²) in [5.74, 6) is 0.0388. The van der Waals surface area contributed by atoms with Gasteiger partial charge in [-0.2, -0.15) is 0 Å². The first kappa shape index (κ1) is 15.3. The highest BCUT2D eigenvalue weighted by molar-refractivity contribution is 9.10. The van der Waals surface area contributed by atoms with Gasteiger partial charge in [0.05, 0.1) is 0 Å². The molecule has 1 amide bonds. The van der Waals surface area contributed by atoms with Crippen LogP contribution in [0, 0.1) is 5.82 Å². The first-order valence-corrected chi connectivity index (χ1v) is 6.94. The zero-order valence-electron chi connectivity index (χ0n) is 11.2. The van der Waals surface area contributed by atoms with E-state index >= 15 is 0 Å². The number of halogens is 2. The van der Waals surface area contributed by atoms with Crippen molar-refractivity contribution < 1.29 is 18.7 Å². The summed E-state index contributed by atoms with van der Waals surface area (Å²) >= 11 is 3.18. The fourth-order valence-corrected chi connectivity index (χ4v) is 1.87. The van der Waals surface area contributed by atoms with Gasteiger partial charge in [0.15, 0.2) is 17.7 Å². The molecule has 0 spiro atoms. The number of nitrogens with two attached hydrogens (primary N) is 1. The third-order valence-electron chi connectivity index (χ3n) is 2.66. The third-order valence-corrected chi connectivity index (χ3v) is 3.15. The summed E-state index contributed by atoms with van der Waals surface area (Å²) in [5, 5.41) is 0. The van der Waals surface area contributed by atoms with Crippen molar-refractivity contribution in [3.63, 3.8) is 0 Å². The summed E-state index contributed by atoms with van der Waals surface area (Å²) in [6.45, 7) is 1.56. The second-order valence-electron chi connectivity index (χ2n) is 4.31. The molecule has 0 aliphatic rings. The second kappa shape index (κ2) is 6.58. The van der Waals surface area contributed by atoms with E-state index in [-0.39, 0.29) is 5.75 Å². The summed E-state index contributed by atoms with van der Waals surface area (Å²) in [4.78, 5) is 10.9. The molecule has 1 unspecified atom stereocenters. The molecule has 21 heavy (non-hydrogen) atoms. The molecule has 6 heteroatoms. The molecule has 0 radical (unpaired) electrons. The van der Waals surface area contributed by atoms with Crippen molar-refractivity contribution in [1.82, 2.24) is 0 Å². The summed E-state index contributed by atoms with van der Waals surface area (Å²) in [6, 6.07) is 11.0. The van der Waals surface area contributed by atoms with E-state index in [4.69, 9.17) is 15.2 Å². The molecule has 1 atom stereocenters. The van der Waals surface area contributed by atoms with Gasteiger partial charge in [-0.05, 0) is 49.4 Å². The van der Waals surface area contributed by atoms with Crippen LogP contribution in [0.3, 0.4) is 0 Å². The van der Waals surface area contributed by atoms with E-state index in [0.717, 1.165) is 0 Å². The molecule has 0 saturated heterocycles. The molecule has 0 bridgehead atoms. The number of amides is 1. The van der Waals surface area contributed by atoms with Crippen LogP contribution in [0.4, 0.5) is 4.39 Å². The molecule has 0 aliphatic heterocycles. The monoisotopic (exact) mass is 353 g/mol. The maximum absolute atomic E-state index is 13.6. The van der Waals surface area contributed by atoms with Crippen molar-refractivity contribution in [2.24, 2.45) is 5.73 Å². The quantitative estimate of drug-likeness (QED) is 0.892. The van der Waals surface area contributed by atoms with Crippen molar-refractivity contribution in [3.05, 3.63) is 52.8 Å². The van der Waals surface area contributed by atoms with Crippen molar-refractivity contribution in [1.29, 1.82) is 0 Å². The Hall–Kier alpha value is -2.08. The van der Waals surface area contributed by atoms with Gasteiger partial charge in [-0.15, -0.1) is 0 Å². The van der Waals surface area contributed by atoms with Gasteiger partial charge in [-0.1, -0.05) is 15.9 Å². The van der Waals surface area contributed by atoms with Gasteiger partial charge in [0, 0.05) is 4.47 Å². The first-order valence-electron chi connectivity index (χ1n) is 6.14. The Morgan fingerprint density at radius 1 is 1.19 bits per heavy atom. The van der Waals surface area contributed by atoms with Crippen LogP contribution in [-0.2, 0) is 4.79 Å². The standard InChI is InChI=1S/C15H13BrFNO3/c1-9(15(18)19)20-11-3-5-12(6-4-11)21-14-7-2-10(16)8-13(14)17/h2-9H,1H3,(H2,18,19). The van der Waals surface area contributed by atoms with Gasteiger partial charge >= 0.3 is 0 Å². The molecular formula is C15H13BrFNO3. The molecule has 0 saturated carbocycles. The summed E-state index contributed by atoms with van der Waals surface area (Å²) in [6.07, 6.45) is -0.722. The van der Waals surface area contributed by atoms with Crippen LogP contribution < -0.4 is 15.2 Å². The number of carbonyl (C=O) groups is 1. The predicted molar refractivity (Wildman–Crippen MR) is 79.9 cm³/mol. The highest BCUT2D eigenvalue weighted by atomic mass is 79.9. The predicted octanol–water partition coefficient (Wildman–Crippen LogP) is 3.63. The van der Waals surface area contributed by atoms with Crippen LogP contribution in [0.2, 0.25) is 0 Å². The smallest absolute Gasteiger partial charge is 0.258 e.